The molecule has 15 heavy (non-hydrogen) atoms. The van der Waals surface area contributed by atoms with Gasteiger partial charge < -0.3 is 5.11 Å². The molecule has 1 aromatic carbocycles. The van der Waals surface area contributed by atoms with Crippen LogP contribution in [0.3, 0.4) is 0 Å². The average Bonchev–Trinajstić information content (AvgIpc) is 2.00. The maximum absolute atomic E-state index is 10.8. The third kappa shape index (κ3) is 3.02. The molecule has 0 saturated heterocycles. The summed E-state index contributed by atoms with van der Waals surface area (Å²) in [5.41, 5.74) is 1.64. The van der Waals surface area contributed by atoms with Crippen LogP contribution in [-0.4, -0.2) is 23.0 Å². The van der Waals surface area contributed by atoms with E-state index in [2.05, 4.69) is 0 Å². The molecule has 0 saturated carbocycles. The molecule has 1 atom stereocenters. The highest BCUT2D eigenvalue weighted by Gasteiger charge is 2.35. The van der Waals surface area contributed by atoms with E-state index in [0.717, 1.165) is 12.5 Å². The summed E-state index contributed by atoms with van der Waals surface area (Å²) >= 11 is 0. The third-order valence-corrected chi connectivity index (χ3v) is 3.43. The Hall–Kier alpha value is -0.910. The molecule has 0 aliphatic heterocycles. The van der Waals surface area contributed by atoms with E-state index in [4.69, 9.17) is 4.55 Å². The summed E-state index contributed by atoms with van der Waals surface area (Å²) in [4.78, 5) is -2.14. The molecule has 0 spiro atoms. The Bertz CT molecular complexity index is 448. The van der Waals surface area contributed by atoms with Crippen LogP contribution in [0.4, 0.5) is 0 Å². The van der Waals surface area contributed by atoms with E-state index in [0.29, 0.717) is 5.56 Å². The zero-order chi connectivity index (χ0) is 11.7. The summed E-state index contributed by atoms with van der Waals surface area (Å²) in [6, 6.07) is 7.10. The van der Waals surface area contributed by atoms with Gasteiger partial charge in [-0.05, 0) is 19.4 Å². The van der Waals surface area contributed by atoms with Gasteiger partial charge in [0.25, 0.3) is 10.1 Å². The van der Waals surface area contributed by atoms with E-state index in [-0.39, 0.29) is 6.42 Å². The molecular weight excluding hydrogens is 216 g/mol. The molecular formula is C10H14O4S. The maximum atomic E-state index is 10.8. The van der Waals surface area contributed by atoms with Gasteiger partial charge in [0.2, 0.25) is 0 Å². The van der Waals surface area contributed by atoms with Crippen LogP contribution >= 0.6 is 0 Å². The SMILES string of the molecule is Cc1cccc(CC(C)(O)S(=O)(=O)O)c1. The molecule has 2 N–H and O–H groups in total. The zero-order valence-electron chi connectivity index (χ0n) is 8.64. The van der Waals surface area contributed by atoms with Gasteiger partial charge in [0.05, 0.1) is 0 Å². The van der Waals surface area contributed by atoms with E-state index in [1.807, 2.05) is 13.0 Å². The first-order valence-electron chi connectivity index (χ1n) is 4.47. The predicted molar refractivity (Wildman–Crippen MR) is 57.1 cm³/mol. The minimum absolute atomic E-state index is 0.131. The van der Waals surface area contributed by atoms with Crippen molar-refractivity contribution in [1.82, 2.24) is 0 Å². The van der Waals surface area contributed by atoms with E-state index in [1.54, 1.807) is 18.2 Å². The molecule has 84 valence electrons. The standard InChI is InChI=1S/C10H14O4S/c1-8-4-3-5-9(6-8)7-10(2,11)15(12,13)14/h3-6,11H,7H2,1-2H3,(H,12,13,14). The summed E-state index contributed by atoms with van der Waals surface area (Å²) in [5.74, 6) is 0. The molecule has 0 aliphatic carbocycles. The first-order valence-corrected chi connectivity index (χ1v) is 5.91. The Morgan fingerprint density at radius 2 is 2.00 bits per heavy atom. The van der Waals surface area contributed by atoms with Crippen LogP contribution in [0.2, 0.25) is 0 Å². The quantitative estimate of drug-likeness (QED) is 0.763. The molecule has 0 aromatic heterocycles. The van der Waals surface area contributed by atoms with Crippen molar-refractivity contribution in [2.24, 2.45) is 0 Å². The van der Waals surface area contributed by atoms with Gasteiger partial charge in [0, 0.05) is 6.42 Å². The van der Waals surface area contributed by atoms with Crippen molar-refractivity contribution in [3.8, 4) is 0 Å². The first kappa shape index (κ1) is 12.2. The lowest BCUT2D eigenvalue weighted by atomic mass is 10.1. The second-order valence-electron chi connectivity index (χ2n) is 3.82. The number of hydrogen-bond donors (Lipinski definition) is 2. The lowest BCUT2D eigenvalue weighted by Gasteiger charge is -2.19. The monoisotopic (exact) mass is 230 g/mol. The fourth-order valence-corrected chi connectivity index (χ4v) is 1.64. The molecule has 0 amide bonds. The largest absolute Gasteiger partial charge is 0.372 e. The minimum atomic E-state index is -4.46. The molecule has 0 fully saturated rings. The summed E-state index contributed by atoms with van der Waals surface area (Å²) in [7, 11) is -4.46. The highest BCUT2D eigenvalue weighted by Crippen LogP contribution is 2.19. The van der Waals surface area contributed by atoms with Gasteiger partial charge in [-0.1, -0.05) is 29.8 Å². The molecule has 0 aliphatic rings. The summed E-state index contributed by atoms with van der Waals surface area (Å²) < 4.78 is 30.5. The van der Waals surface area contributed by atoms with E-state index >= 15 is 0 Å². The fourth-order valence-electron chi connectivity index (χ4n) is 1.29. The number of hydrogen-bond acceptors (Lipinski definition) is 3. The van der Waals surface area contributed by atoms with Gasteiger partial charge in [-0.15, -0.1) is 0 Å². The molecule has 1 aromatic rings. The number of benzene rings is 1. The van der Waals surface area contributed by atoms with Crippen LogP contribution in [0.25, 0.3) is 0 Å². The molecule has 0 bridgehead atoms. The average molecular weight is 230 g/mol. The number of rotatable bonds is 3. The lowest BCUT2D eigenvalue weighted by molar-refractivity contribution is 0.132. The van der Waals surface area contributed by atoms with E-state index in [1.165, 1.54) is 0 Å². The van der Waals surface area contributed by atoms with Gasteiger partial charge in [-0.3, -0.25) is 4.55 Å². The van der Waals surface area contributed by atoms with Gasteiger partial charge in [-0.2, -0.15) is 8.42 Å². The van der Waals surface area contributed by atoms with Crippen molar-refractivity contribution >= 4 is 10.1 Å². The first-order chi connectivity index (χ1) is 6.72. The molecule has 4 nitrogen and oxygen atoms in total. The van der Waals surface area contributed by atoms with Crippen LogP contribution in [-0.2, 0) is 16.5 Å². The highest BCUT2D eigenvalue weighted by atomic mass is 32.2. The van der Waals surface area contributed by atoms with Crippen molar-refractivity contribution in [3.05, 3.63) is 35.4 Å². The van der Waals surface area contributed by atoms with Crippen LogP contribution in [0.5, 0.6) is 0 Å². The summed E-state index contributed by atoms with van der Waals surface area (Å²) in [5, 5.41) is 9.56. The molecule has 5 heteroatoms. The van der Waals surface area contributed by atoms with Gasteiger partial charge in [0.15, 0.2) is 4.93 Å². The summed E-state index contributed by atoms with van der Waals surface area (Å²) in [6.07, 6.45) is -0.131. The van der Waals surface area contributed by atoms with Gasteiger partial charge in [-0.25, -0.2) is 0 Å². The number of aliphatic hydroxyl groups is 1. The topological polar surface area (TPSA) is 74.6 Å². The highest BCUT2D eigenvalue weighted by molar-refractivity contribution is 7.87. The van der Waals surface area contributed by atoms with Crippen molar-refractivity contribution in [2.75, 3.05) is 0 Å². The van der Waals surface area contributed by atoms with Gasteiger partial charge >= 0.3 is 0 Å². The predicted octanol–water partition coefficient (Wildman–Crippen LogP) is 1.13. The fraction of sp³-hybridized carbons (Fsp3) is 0.400. The lowest BCUT2D eigenvalue weighted by Crippen LogP contribution is -2.36. The van der Waals surface area contributed by atoms with Gasteiger partial charge in [0.1, 0.15) is 0 Å². The Morgan fingerprint density at radius 3 is 2.47 bits per heavy atom. The molecule has 1 rings (SSSR count). The van der Waals surface area contributed by atoms with Crippen LogP contribution in [0, 0.1) is 6.92 Å². The Morgan fingerprint density at radius 1 is 1.40 bits per heavy atom. The van der Waals surface area contributed by atoms with Crippen molar-refractivity contribution in [1.29, 1.82) is 0 Å². The number of aryl methyl sites for hydroxylation is 1. The van der Waals surface area contributed by atoms with Crippen molar-refractivity contribution < 1.29 is 18.1 Å². The zero-order valence-corrected chi connectivity index (χ0v) is 9.45. The molecule has 0 radical (unpaired) electrons. The maximum Gasteiger partial charge on any atom is 0.295 e. The summed E-state index contributed by atoms with van der Waals surface area (Å²) in [6.45, 7) is 2.94. The van der Waals surface area contributed by atoms with Crippen molar-refractivity contribution in [2.45, 2.75) is 25.2 Å². The Balaban J connectivity index is 2.97. The Kier molecular flexibility index (Phi) is 3.18. The smallest absolute Gasteiger partial charge is 0.295 e. The second kappa shape index (κ2) is 3.92. The van der Waals surface area contributed by atoms with E-state index < -0.39 is 15.1 Å². The van der Waals surface area contributed by atoms with Crippen LogP contribution in [0.1, 0.15) is 18.1 Å². The molecule has 1 unspecified atom stereocenters. The third-order valence-electron chi connectivity index (χ3n) is 2.17. The van der Waals surface area contributed by atoms with E-state index in [9.17, 15) is 13.5 Å². The van der Waals surface area contributed by atoms with Crippen LogP contribution in [0.15, 0.2) is 24.3 Å². The van der Waals surface area contributed by atoms with Crippen LogP contribution < -0.4 is 0 Å². The molecule has 0 heterocycles. The minimum Gasteiger partial charge on any atom is -0.372 e. The second-order valence-corrected chi connectivity index (χ2v) is 5.65. The normalized spacial score (nSPS) is 16.0. The van der Waals surface area contributed by atoms with Crippen molar-refractivity contribution in [3.63, 3.8) is 0 Å². The Labute approximate surface area is 89.3 Å².